The van der Waals surface area contributed by atoms with Crippen LogP contribution >= 0.6 is 11.6 Å². The van der Waals surface area contributed by atoms with Crippen LogP contribution in [0.1, 0.15) is 62.4 Å². The van der Waals surface area contributed by atoms with E-state index in [-0.39, 0.29) is 47.8 Å². The minimum Gasteiger partial charge on any atom is -0.325 e. The zero-order valence-corrected chi connectivity index (χ0v) is 20.4. The number of imide groups is 1. The van der Waals surface area contributed by atoms with E-state index in [1.807, 2.05) is 26.8 Å². The van der Waals surface area contributed by atoms with Crippen molar-refractivity contribution in [1.82, 2.24) is 4.90 Å². The number of carbonyl (C=O) groups excluding carboxylic acids is 4. The van der Waals surface area contributed by atoms with Crippen LogP contribution in [0.5, 0.6) is 0 Å². The van der Waals surface area contributed by atoms with Gasteiger partial charge in [0, 0.05) is 35.0 Å². The lowest BCUT2D eigenvalue weighted by Crippen LogP contribution is -2.59. The summed E-state index contributed by atoms with van der Waals surface area (Å²) in [5, 5.41) is 3.19. The van der Waals surface area contributed by atoms with Crippen LogP contribution in [0.2, 0.25) is 5.02 Å². The van der Waals surface area contributed by atoms with Crippen LogP contribution in [-0.4, -0.2) is 34.9 Å². The van der Waals surface area contributed by atoms with E-state index in [0.29, 0.717) is 34.7 Å². The molecular formula is C27H29ClN2O4. The van der Waals surface area contributed by atoms with Crippen molar-refractivity contribution in [2.24, 2.45) is 16.7 Å². The third-order valence-electron chi connectivity index (χ3n) is 7.83. The van der Waals surface area contributed by atoms with Crippen LogP contribution in [0.4, 0.5) is 5.69 Å². The molecule has 4 rings (SSSR count). The van der Waals surface area contributed by atoms with E-state index in [2.05, 4.69) is 5.32 Å². The molecule has 0 spiro atoms. The number of nitrogens with zero attached hydrogens (tertiary/aromatic N) is 1. The quantitative estimate of drug-likeness (QED) is 0.441. The average Bonchev–Trinajstić information content (AvgIpc) is 3.00. The second-order valence-electron chi connectivity index (χ2n) is 9.98. The number of piperidine rings is 1. The van der Waals surface area contributed by atoms with Gasteiger partial charge in [-0.2, -0.15) is 0 Å². The highest BCUT2D eigenvalue weighted by Crippen LogP contribution is 2.60. The summed E-state index contributed by atoms with van der Waals surface area (Å²) in [6.45, 7) is 6.17. The summed E-state index contributed by atoms with van der Waals surface area (Å²) in [5.74, 6) is -0.960. The Balaban J connectivity index is 1.41. The number of hydrogen-bond donors (Lipinski definition) is 1. The number of nitrogens with one attached hydrogen (secondary N) is 1. The highest BCUT2D eigenvalue weighted by Gasteiger charge is 2.64. The highest BCUT2D eigenvalue weighted by atomic mass is 35.5. The van der Waals surface area contributed by atoms with Crippen LogP contribution in [0.15, 0.2) is 48.5 Å². The van der Waals surface area contributed by atoms with E-state index in [4.69, 9.17) is 11.6 Å². The molecule has 1 aliphatic carbocycles. The molecule has 34 heavy (non-hydrogen) atoms. The van der Waals surface area contributed by atoms with Gasteiger partial charge in [0.05, 0.1) is 11.1 Å². The lowest BCUT2D eigenvalue weighted by molar-refractivity contribution is -0.168. The lowest BCUT2D eigenvalue weighted by Gasteiger charge is -2.47. The lowest BCUT2D eigenvalue weighted by atomic mass is 9.62. The highest BCUT2D eigenvalue weighted by molar-refractivity contribution is 6.31. The van der Waals surface area contributed by atoms with Crippen LogP contribution in [0.25, 0.3) is 0 Å². The van der Waals surface area contributed by atoms with Crippen LogP contribution in [0, 0.1) is 16.7 Å². The second kappa shape index (κ2) is 8.99. The smallest absolute Gasteiger partial charge is 0.235 e. The molecule has 1 N–H and O–H groups in total. The normalized spacial score (nSPS) is 23.2. The van der Waals surface area contributed by atoms with Crippen molar-refractivity contribution in [1.29, 1.82) is 0 Å². The molecule has 1 saturated carbocycles. The molecule has 2 fully saturated rings. The maximum atomic E-state index is 13.1. The molecule has 2 atom stereocenters. The average molecular weight is 481 g/mol. The summed E-state index contributed by atoms with van der Waals surface area (Å²) in [5.41, 5.74) is 0.268. The Kier molecular flexibility index (Phi) is 6.38. The molecule has 2 unspecified atom stereocenters. The summed E-state index contributed by atoms with van der Waals surface area (Å²) >= 11 is 6.11. The van der Waals surface area contributed by atoms with Crippen molar-refractivity contribution in [3.05, 3.63) is 64.7 Å². The number of likely N-dealkylation sites (tertiary alicyclic amines) is 1. The monoisotopic (exact) mass is 480 g/mol. The first-order valence-electron chi connectivity index (χ1n) is 11.6. The van der Waals surface area contributed by atoms with Crippen LogP contribution in [-0.2, 0) is 14.4 Å². The van der Waals surface area contributed by atoms with Crippen molar-refractivity contribution in [2.45, 2.75) is 46.5 Å². The summed E-state index contributed by atoms with van der Waals surface area (Å²) in [4.78, 5) is 53.1. The van der Waals surface area contributed by atoms with E-state index < -0.39 is 5.41 Å². The van der Waals surface area contributed by atoms with Crippen molar-refractivity contribution in [3.8, 4) is 0 Å². The minimum atomic E-state index is -0.552. The second-order valence-corrected chi connectivity index (χ2v) is 10.4. The van der Waals surface area contributed by atoms with Gasteiger partial charge in [-0.15, -0.1) is 0 Å². The molecule has 178 valence electrons. The van der Waals surface area contributed by atoms with E-state index in [9.17, 15) is 19.2 Å². The summed E-state index contributed by atoms with van der Waals surface area (Å²) in [6, 6.07) is 13.5. The summed E-state index contributed by atoms with van der Waals surface area (Å²) < 4.78 is 0. The number of halogens is 1. The number of rotatable bonds is 7. The van der Waals surface area contributed by atoms with Gasteiger partial charge in [0.1, 0.15) is 0 Å². The van der Waals surface area contributed by atoms with Gasteiger partial charge in [0.25, 0.3) is 0 Å². The fourth-order valence-electron chi connectivity index (χ4n) is 5.28. The van der Waals surface area contributed by atoms with Crippen LogP contribution < -0.4 is 5.32 Å². The van der Waals surface area contributed by atoms with Gasteiger partial charge in [-0.25, -0.2) is 0 Å². The standard InChI is InChI=1S/C27H29ClN2O4/c1-26(2)20-13-14-27(26,3)25(34)30(24(20)33)15-7-10-22(31)29-21-12-11-18(28)16-19(21)23(32)17-8-5-4-6-9-17/h4-6,8-9,11-12,16,20H,7,10,13-15H2,1-3H3,(H,29,31). The molecule has 0 aromatic heterocycles. The van der Waals surface area contributed by atoms with E-state index in [1.165, 1.54) is 11.0 Å². The van der Waals surface area contributed by atoms with Gasteiger partial charge >= 0.3 is 0 Å². The molecule has 6 nitrogen and oxygen atoms in total. The topological polar surface area (TPSA) is 83.6 Å². The molecule has 1 saturated heterocycles. The molecule has 2 bridgehead atoms. The Morgan fingerprint density at radius 2 is 1.79 bits per heavy atom. The first-order chi connectivity index (χ1) is 16.1. The van der Waals surface area contributed by atoms with E-state index >= 15 is 0 Å². The molecule has 3 amide bonds. The van der Waals surface area contributed by atoms with Crippen molar-refractivity contribution < 1.29 is 19.2 Å². The zero-order chi connectivity index (χ0) is 24.7. The zero-order valence-electron chi connectivity index (χ0n) is 19.7. The third kappa shape index (κ3) is 4.05. The molecule has 1 heterocycles. The molecule has 7 heteroatoms. The molecule has 2 aliphatic rings. The largest absolute Gasteiger partial charge is 0.325 e. The Bertz CT molecular complexity index is 1160. The first kappa shape index (κ1) is 24.1. The van der Waals surface area contributed by atoms with Gasteiger partial charge in [-0.3, -0.25) is 24.1 Å². The molecule has 2 aromatic rings. The molecular weight excluding hydrogens is 452 g/mol. The van der Waals surface area contributed by atoms with Crippen molar-refractivity contribution >= 4 is 40.8 Å². The fourth-order valence-corrected chi connectivity index (χ4v) is 5.45. The molecule has 0 radical (unpaired) electrons. The Hall–Kier alpha value is -2.99. The third-order valence-corrected chi connectivity index (χ3v) is 8.06. The van der Waals surface area contributed by atoms with Gasteiger partial charge in [-0.1, -0.05) is 62.7 Å². The van der Waals surface area contributed by atoms with Gasteiger partial charge < -0.3 is 5.32 Å². The van der Waals surface area contributed by atoms with Gasteiger partial charge in [0.15, 0.2) is 5.78 Å². The fraction of sp³-hybridized carbons (Fsp3) is 0.407. The maximum absolute atomic E-state index is 13.1. The van der Waals surface area contributed by atoms with Crippen LogP contribution in [0.3, 0.4) is 0 Å². The predicted octanol–water partition coefficient (Wildman–Crippen LogP) is 5.10. The Morgan fingerprint density at radius 3 is 2.50 bits per heavy atom. The first-order valence-corrected chi connectivity index (χ1v) is 12.0. The number of fused-ring (bicyclic) bond motifs is 2. The molecule has 1 aliphatic heterocycles. The van der Waals surface area contributed by atoms with Gasteiger partial charge in [-0.05, 0) is 42.9 Å². The maximum Gasteiger partial charge on any atom is 0.235 e. The predicted molar refractivity (Wildman–Crippen MR) is 131 cm³/mol. The number of hydrogen-bond acceptors (Lipinski definition) is 4. The van der Waals surface area contributed by atoms with Crippen molar-refractivity contribution in [2.75, 3.05) is 11.9 Å². The number of benzene rings is 2. The Labute approximate surface area is 204 Å². The number of anilines is 1. The summed E-state index contributed by atoms with van der Waals surface area (Å²) in [7, 11) is 0. The molecule has 2 aromatic carbocycles. The number of amides is 3. The SMILES string of the molecule is CC12CCC(C(=O)N(CCCC(=O)Nc3ccc(Cl)cc3C(=O)c3ccccc3)C1=O)C2(C)C. The van der Waals surface area contributed by atoms with E-state index in [0.717, 1.165) is 6.42 Å². The number of carbonyl (C=O) groups is 4. The summed E-state index contributed by atoms with van der Waals surface area (Å²) in [6.07, 6.45) is 1.90. The Morgan fingerprint density at radius 1 is 1.09 bits per heavy atom. The van der Waals surface area contributed by atoms with Gasteiger partial charge in [0.2, 0.25) is 17.7 Å². The van der Waals surface area contributed by atoms with Crippen molar-refractivity contribution in [3.63, 3.8) is 0 Å². The number of ketones is 1. The van der Waals surface area contributed by atoms with E-state index in [1.54, 1.807) is 36.4 Å². The minimum absolute atomic E-state index is 0.115.